The largest absolute Gasteiger partial charge is 0.358 e. The lowest BCUT2D eigenvalue weighted by molar-refractivity contribution is -0.136. The Morgan fingerprint density at radius 2 is 1.81 bits per heavy atom. The second-order valence-electron chi connectivity index (χ2n) is 9.06. The van der Waals surface area contributed by atoms with E-state index in [1.807, 2.05) is 21.0 Å². The third-order valence-corrected chi connectivity index (χ3v) is 7.20. The van der Waals surface area contributed by atoms with Crippen LogP contribution in [0.1, 0.15) is 36.8 Å². The van der Waals surface area contributed by atoms with Crippen molar-refractivity contribution in [3.63, 3.8) is 0 Å². The van der Waals surface area contributed by atoms with E-state index < -0.39 is 21.8 Å². The van der Waals surface area contributed by atoms with Crippen LogP contribution in [0.4, 0.5) is 11.4 Å². The fourth-order valence-corrected chi connectivity index (χ4v) is 5.03. The van der Waals surface area contributed by atoms with Crippen molar-refractivity contribution in [2.75, 3.05) is 37.2 Å². The van der Waals surface area contributed by atoms with Crippen LogP contribution in [-0.4, -0.2) is 57.3 Å². The molecule has 0 bridgehead atoms. The maximum atomic E-state index is 13.1. The molecule has 4 N–H and O–H groups in total. The van der Waals surface area contributed by atoms with Gasteiger partial charge in [0.25, 0.3) is 10.0 Å². The monoisotopic (exact) mass is 524 g/mol. The molecule has 10 nitrogen and oxygen atoms in total. The van der Waals surface area contributed by atoms with Crippen LogP contribution in [0.2, 0.25) is 0 Å². The molecule has 0 aliphatic rings. The number of rotatable bonds is 11. The highest BCUT2D eigenvalue weighted by Crippen LogP contribution is 2.30. The summed E-state index contributed by atoms with van der Waals surface area (Å²) in [6.07, 6.45) is 5.39. The van der Waals surface area contributed by atoms with E-state index in [-0.39, 0.29) is 16.3 Å². The van der Waals surface area contributed by atoms with Crippen LogP contribution < -0.4 is 15.4 Å². The van der Waals surface area contributed by atoms with Gasteiger partial charge in [-0.15, -0.1) is 0 Å². The Labute approximate surface area is 217 Å². The average Bonchev–Trinajstić information content (AvgIpc) is 3.30. The van der Waals surface area contributed by atoms with Crippen molar-refractivity contribution in [1.29, 1.82) is 5.26 Å². The molecule has 1 heterocycles. The molecule has 3 aromatic rings. The Morgan fingerprint density at radius 1 is 1.05 bits per heavy atom. The average molecular weight is 525 g/mol. The van der Waals surface area contributed by atoms with Gasteiger partial charge in [-0.05, 0) is 70.2 Å². The lowest BCUT2D eigenvalue weighted by atomic mass is 10.1. The minimum Gasteiger partial charge on any atom is -0.358 e. The van der Waals surface area contributed by atoms with E-state index in [2.05, 4.69) is 31.3 Å². The molecule has 0 unspecified atom stereocenters. The van der Waals surface area contributed by atoms with Crippen LogP contribution in [0.3, 0.4) is 0 Å². The van der Waals surface area contributed by atoms with Crippen LogP contribution in [-0.2, 0) is 19.6 Å². The number of sulfonamides is 1. The van der Waals surface area contributed by atoms with E-state index in [9.17, 15) is 23.3 Å². The number of nitrogens with one attached hydrogen (secondary N) is 4. The van der Waals surface area contributed by atoms with E-state index >= 15 is 0 Å². The van der Waals surface area contributed by atoms with Crippen LogP contribution in [0, 0.1) is 18.3 Å². The standard InChI is InChI=1S/C26H32N6O4S/c1-18-11-12-22(24-23(18)19(16-27)17-29-24)31-37(35,36)21-10-8-9-20(15-21)30-26(34)25(33)28-13-6-4-5-7-14-32(2)3/h8-12,15,17,29,31H,4-7,13-14H2,1-3H3,(H,28,33)(H,30,34). The number of anilines is 2. The van der Waals surface area contributed by atoms with Crippen molar-refractivity contribution in [2.45, 2.75) is 37.5 Å². The molecule has 2 amide bonds. The summed E-state index contributed by atoms with van der Waals surface area (Å²) in [4.78, 5) is 29.4. The second-order valence-corrected chi connectivity index (χ2v) is 10.7. The minimum absolute atomic E-state index is 0.0933. The Bertz CT molecular complexity index is 1420. The summed E-state index contributed by atoms with van der Waals surface area (Å²) in [7, 11) is 0.0176. The number of aryl methyl sites for hydroxylation is 1. The zero-order valence-corrected chi connectivity index (χ0v) is 22.0. The van der Waals surface area contributed by atoms with Crippen molar-refractivity contribution in [3.8, 4) is 6.07 Å². The summed E-state index contributed by atoms with van der Waals surface area (Å²) in [6.45, 7) is 3.25. The molecular formula is C26H32N6O4S. The van der Waals surface area contributed by atoms with Crippen molar-refractivity contribution in [2.24, 2.45) is 0 Å². The maximum absolute atomic E-state index is 13.1. The fourth-order valence-electron chi connectivity index (χ4n) is 3.91. The molecule has 3 rings (SSSR count). The zero-order chi connectivity index (χ0) is 27.0. The molecule has 196 valence electrons. The Kier molecular flexibility index (Phi) is 9.27. The number of nitrogens with zero attached hydrogens (tertiary/aromatic N) is 2. The number of fused-ring (bicyclic) bond motifs is 1. The first kappa shape index (κ1) is 27.7. The minimum atomic E-state index is -4.03. The van der Waals surface area contributed by atoms with Gasteiger partial charge < -0.3 is 20.5 Å². The van der Waals surface area contributed by atoms with Crippen LogP contribution in [0.15, 0.2) is 47.5 Å². The van der Waals surface area contributed by atoms with Crippen LogP contribution >= 0.6 is 0 Å². The van der Waals surface area contributed by atoms with E-state index in [1.54, 1.807) is 12.1 Å². The summed E-state index contributed by atoms with van der Waals surface area (Å²) in [5.41, 5.74) is 2.22. The fraction of sp³-hybridized carbons (Fsp3) is 0.346. The van der Waals surface area contributed by atoms with Crippen LogP contribution in [0.25, 0.3) is 10.9 Å². The molecule has 0 saturated heterocycles. The predicted molar refractivity (Wildman–Crippen MR) is 144 cm³/mol. The third kappa shape index (κ3) is 7.31. The van der Waals surface area contributed by atoms with E-state index in [4.69, 9.17) is 0 Å². The summed E-state index contributed by atoms with van der Waals surface area (Å²) in [6, 6.07) is 11.1. The Hall–Kier alpha value is -3.88. The normalized spacial score (nSPS) is 11.3. The van der Waals surface area contributed by atoms with Crippen molar-refractivity contribution in [3.05, 3.63) is 53.7 Å². The Morgan fingerprint density at radius 3 is 2.54 bits per heavy atom. The first-order chi connectivity index (χ1) is 17.6. The first-order valence-corrected chi connectivity index (χ1v) is 13.5. The summed E-state index contributed by atoms with van der Waals surface area (Å²) in [5, 5.41) is 15.0. The molecule has 1 aromatic heterocycles. The molecule has 2 aromatic carbocycles. The lowest BCUT2D eigenvalue weighted by Gasteiger charge is -2.12. The predicted octanol–water partition coefficient (Wildman–Crippen LogP) is 3.33. The molecule has 0 fully saturated rings. The van der Waals surface area contributed by atoms with Crippen LogP contribution in [0.5, 0.6) is 0 Å². The number of carbonyl (C=O) groups is 2. The summed E-state index contributed by atoms with van der Waals surface area (Å²) in [5.74, 6) is -1.65. The summed E-state index contributed by atoms with van der Waals surface area (Å²) < 4.78 is 28.7. The Balaban J connectivity index is 1.61. The van der Waals surface area contributed by atoms with Gasteiger partial charge in [-0.25, -0.2) is 8.42 Å². The number of benzene rings is 2. The highest BCUT2D eigenvalue weighted by molar-refractivity contribution is 7.92. The molecule has 0 saturated carbocycles. The molecule has 0 radical (unpaired) electrons. The third-order valence-electron chi connectivity index (χ3n) is 5.83. The first-order valence-electron chi connectivity index (χ1n) is 12.0. The number of H-pyrrole nitrogens is 1. The van der Waals surface area contributed by atoms with Gasteiger partial charge in [0.15, 0.2) is 0 Å². The highest BCUT2D eigenvalue weighted by Gasteiger charge is 2.19. The second kappa shape index (κ2) is 12.4. The highest BCUT2D eigenvalue weighted by atomic mass is 32.2. The SMILES string of the molecule is Cc1ccc(NS(=O)(=O)c2cccc(NC(=O)C(=O)NCCCCCCN(C)C)c2)c2[nH]cc(C#N)c12. The van der Waals surface area contributed by atoms with Gasteiger partial charge in [0.05, 0.1) is 21.7 Å². The van der Waals surface area contributed by atoms with Gasteiger partial charge in [-0.1, -0.05) is 25.0 Å². The van der Waals surface area contributed by atoms with E-state index in [1.165, 1.54) is 30.5 Å². The van der Waals surface area contributed by atoms with Gasteiger partial charge >= 0.3 is 11.8 Å². The zero-order valence-electron chi connectivity index (χ0n) is 21.2. The van der Waals surface area contributed by atoms with E-state index in [0.29, 0.717) is 23.0 Å². The number of amides is 2. The molecule has 0 atom stereocenters. The number of nitriles is 1. The number of aromatic nitrogens is 1. The molecular weight excluding hydrogens is 492 g/mol. The quantitative estimate of drug-likeness (QED) is 0.223. The van der Waals surface area contributed by atoms with Crippen molar-refractivity contribution in [1.82, 2.24) is 15.2 Å². The number of hydrogen-bond donors (Lipinski definition) is 4. The molecule has 0 spiro atoms. The number of unbranched alkanes of at least 4 members (excludes halogenated alkanes) is 3. The van der Waals surface area contributed by atoms with Gasteiger partial charge in [-0.3, -0.25) is 14.3 Å². The molecule has 11 heteroatoms. The summed E-state index contributed by atoms with van der Waals surface area (Å²) >= 11 is 0. The van der Waals surface area contributed by atoms with Gasteiger partial charge in [-0.2, -0.15) is 5.26 Å². The van der Waals surface area contributed by atoms with E-state index in [0.717, 1.165) is 37.8 Å². The number of aromatic amines is 1. The smallest absolute Gasteiger partial charge is 0.313 e. The van der Waals surface area contributed by atoms with Crippen molar-refractivity contribution >= 4 is 44.1 Å². The van der Waals surface area contributed by atoms with Gasteiger partial charge in [0, 0.05) is 23.8 Å². The number of hydrogen-bond acceptors (Lipinski definition) is 6. The molecule has 0 aliphatic heterocycles. The number of carbonyl (C=O) groups excluding carboxylic acids is 2. The van der Waals surface area contributed by atoms with Crippen molar-refractivity contribution < 1.29 is 18.0 Å². The topological polar surface area (TPSA) is 147 Å². The lowest BCUT2D eigenvalue weighted by Crippen LogP contribution is -2.35. The van der Waals surface area contributed by atoms with Gasteiger partial charge in [0.2, 0.25) is 0 Å². The van der Waals surface area contributed by atoms with Gasteiger partial charge in [0.1, 0.15) is 6.07 Å². The molecule has 0 aliphatic carbocycles. The molecule has 37 heavy (non-hydrogen) atoms. The maximum Gasteiger partial charge on any atom is 0.313 e.